The van der Waals surface area contributed by atoms with Gasteiger partial charge in [0.25, 0.3) is 0 Å². The van der Waals surface area contributed by atoms with Gasteiger partial charge < -0.3 is 10.5 Å². The average molecular weight is 192 g/mol. The van der Waals surface area contributed by atoms with Crippen molar-refractivity contribution in [2.24, 2.45) is 5.73 Å². The molecule has 0 aliphatic heterocycles. The number of carbonyl (C=O) groups is 1. The zero-order valence-electron chi connectivity index (χ0n) is 7.91. The average Bonchev–Trinajstić information content (AvgIpc) is 2.18. The highest BCUT2D eigenvalue weighted by Crippen LogP contribution is 2.06. The molecule has 0 atom stereocenters. The van der Waals surface area contributed by atoms with Crippen LogP contribution in [-0.2, 0) is 4.74 Å². The number of rotatable bonds is 3. The number of hydrogen-bond donors (Lipinski definition) is 2. The molecule has 1 aromatic rings. The maximum Gasteiger partial charge on any atom is 0.338 e. The molecule has 0 bridgehead atoms. The predicted octanol–water partition coefficient (Wildman–Crippen LogP) is 1.15. The molecule has 0 aromatic heterocycles. The number of carbonyl (C=O) groups excluding carboxylic acids is 1. The van der Waals surface area contributed by atoms with E-state index in [9.17, 15) is 4.79 Å². The lowest BCUT2D eigenvalue weighted by Crippen LogP contribution is -2.12. The number of hydrogen-bond acceptors (Lipinski definition) is 3. The molecule has 1 rings (SSSR count). The minimum atomic E-state index is -0.393. The van der Waals surface area contributed by atoms with Crippen LogP contribution in [0, 0.1) is 5.41 Å². The summed E-state index contributed by atoms with van der Waals surface area (Å²) >= 11 is 0. The Balaban J connectivity index is 2.93. The van der Waals surface area contributed by atoms with Gasteiger partial charge in [0.15, 0.2) is 0 Å². The molecule has 1 aromatic carbocycles. The number of benzene rings is 1. The monoisotopic (exact) mass is 192 g/mol. The van der Waals surface area contributed by atoms with Gasteiger partial charge in [0.2, 0.25) is 0 Å². The van der Waals surface area contributed by atoms with Crippen LogP contribution < -0.4 is 5.73 Å². The van der Waals surface area contributed by atoms with Crippen LogP contribution in [0.15, 0.2) is 24.3 Å². The van der Waals surface area contributed by atoms with Gasteiger partial charge in [-0.2, -0.15) is 0 Å². The fraction of sp³-hybridized carbons (Fsp3) is 0.200. The molecular weight excluding hydrogens is 180 g/mol. The molecular formula is C10H12N2O2. The van der Waals surface area contributed by atoms with Crippen LogP contribution in [0.2, 0.25) is 0 Å². The number of nitrogen functional groups attached to an aromatic ring is 1. The number of esters is 1. The molecule has 3 N–H and O–H groups in total. The van der Waals surface area contributed by atoms with Crippen molar-refractivity contribution in [2.45, 2.75) is 6.92 Å². The first kappa shape index (κ1) is 10.2. The zero-order valence-corrected chi connectivity index (χ0v) is 7.91. The normalized spacial score (nSPS) is 9.50. The van der Waals surface area contributed by atoms with Crippen molar-refractivity contribution in [1.29, 1.82) is 5.41 Å². The molecule has 0 spiro atoms. The molecule has 0 saturated heterocycles. The van der Waals surface area contributed by atoms with Crippen LogP contribution in [0.25, 0.3) is 0 Å². The van der Waals surface area contributed by atoms with Gasteiger partial charge >= 0.3 is 5.97 Å². The molecule has 4 heteroatoms. The lowest BCUT2D eigenvalue weighted by atomic mass is 10.1. The minimum absolute atomic E-state index is 0.0591. The lowest BCUT2D eigenvalue weighted by Gasteiger charge is -2.03. The number of amidine groups is 1. The summed E-state index contributed by atoms with van der Waals surface area (Å²) in [5.41, 5.74) is 6.23. The van der Waals surface area contributed by atoms with Crippen molar-refractivity contribution in [2.75, 3.05) is 6.61 Å². The molecule has 0 aliphatic rings. The molecule has 0 fully saturated rings. The van der Waals surface area contributed by atoms with E-state index in [4.69, 9.17) is 15.9 Å². The van der Waals surface area contributed by atoms with Crippen LogP contribution in [0.4, 0.5) is 0 Å². The second-order valence-electron chi connectivity index (χ2n) is 2.71. The van der Waals surface area contributed by atoms with E-state index in [-0.39, 0.29) is 5.84 Å². The van der Waals surface area contributed by atoms with Gasteiger partial charge in [-0.1, -0.05) is 12.1 Å². The van der Waals surface area contributed by atoms with Crippen molar-refractivity contribution in [3.05, 3.63) is 35.4 Å². The first-order valence-electron chi connectivity index (χ1n) is 4.26. The smallest absolute Gasteiger partial charge is 0.338 e. The summed E-state index contributed by atoms with van der Waals surface area (Å²) in [5.74, 6) is -0.452. The zero-order chi connectivity index (χ0) is 10.6. The van der Waals surface area contributed by atoms with E-state index in [0.717, 1.165) is 0 Å². The summed E-state index contributed by atoms with van der Waals surface area (Å²) in [6, 6.07) is 6.51. The Labute approximate surface area is 82.2 Å². The third-order valence-corrected chi connectivity index (χ3v) is 1.68. The summed E-state index contributed by atoms with van der Waals surface area (Å²) in [5, 5.41) is 7.20. The molecule has 0 radical (unpaired) electrons. The van der Waals surface area contributed by atoms with Gasteiger partial charge in [-0.15, -0.1) is 0 Å². The molecule has 0 heterocycles. The summed E-state index contributed by atoms with van der Waals surface area (Å²) in [7, 11) is 0. The quantitative estimate of drug-likeness (QED) is 0.428. The second-order valence-corrected chi connectivity index (χ2v) is 2.71. The third-order valence-electron chi connectivity index (χ3n) is 1.68. The first-order chi connectivity index (χ1) is 6.65. The van der Waals surface area contributed by atoms with Gasteiger partial charge in [0.05, 0.1) is 12.2 Å². The molecule has 0 unspecified atom stereocenters. The molecule has 74 valence electrons. The Hall–Kier alpha value is -1.84. The summed E-state index contributed by atoms with van der Waals surface area (Å²) < 4.78 is 4.81. The SMILES string of the molecule is CCOC(=O)c1cccc(C(=N)N)c1. The van der Waals surface area contributed by atoms with Crippen LogP contribution in [0.1, 0.15) is 22.8 Å². The van der Waals surface area contributed by atoms with E-state index < -0.39 is 5.97 Å². The molecule has 0 saturated carbocycles. The van der Waals surface area contributed by atoms with Crippen LogP contribution in [0.5, 0.6) is 0 Å². The minimum Gasteiger partial charge on any atom is -0.462 e. The summed E-state index contributed by atoms with van der Waals surface area (Å²) in [4.78, 5) is 11.3. The fourth-order valence-electron chi connectivity index (χ4n) is 1.03. The van der Waals surface area contributed by atoms with Gasteiger partial charge in [-0.3, -0.25) is 5.41 Å². The molecule has 0 amide bonds. The largest absolute Gasteiger partial charge is 0.462 e. The maximum absolute atomic E-state index is 11.3. The van der Waals surface area contributed by atoms with Crippen LogP contribution in [-0.4, -0.2) is 18.4 Å². The van der Waals surface area contributed by atoms with Gasteiger partial charge in [0, 0.05) is 5.56 Å². The molecule has 0 aliphatic carbocycles. The maximum atomic E-state index is 11.3. The number of nitrogens with two attached hydrogens (primary N) is 1. The second kappa shape index (κ2) is 4.41. The Morgan fingerprint density at radius 1 is 1.50 bits per heavy atom. The van der Waals surface area contributed by atoms with E-state index in [2.05, 4.69) is 0 Å². The third kappa shape index (κ3) is 2.32. The van der Waals surface area contributed by atoms with Crippen molar-refractivity contribution in [1.82, 2.24) is 0 Å². The van der Waals surface area contributed by atoms with Crippen LogP contribution >= 0.6 is 0 Å². The molecule has 4 nitrogen and oxygen atoms in total. The summed E-state index contributed by atoms with van der Waals surface area (Å²) in [6.45, 7) is 2.08. The van der Waals surface area contributed by atoms with Gasteiger partial charge in [0.1, 0.15) is 5.84 Å². The van der Waals surface area contributed by atoms with Crippen molar-refractivity contribution in [3.8, 4) is 0 Å². The van der Waals surface area contributed by atoms with E-state index in [1.54, 1.807) is 31.2 Å². The van der Waals surface area contributed by atoms with Gasteiger partial charge in [-0.05, 0) is 19.1 Å². The highest BCUT2D eigenvalue weighted by molar-refractivity contribution is 5.98. The Kier molecular flexibility index (Phi) is 3.23. The highest BCUT2D eigenvalue weighted by Gasteiger charge is 2.07. The van der Waals surface area contributed by atoms with Crippen molar-refractivity contribution in [3.63, 3.8) is 0 Å². The Bertz CT molecular complexity index is 361. The highest BCUT2D eigenvalue weighted by atomic mass is 16.5. The number of nitrogens with one attached hydrogen (secondary N) is 1. The van der Waals surface area contributed by atoms with Crippen molar-refractivity contribution < 1.29 is 9.53 Å². The van der Waals surface area contributed by atoms with E-state index in [1.807, 2.05) is 0 Å². The van der Waals surface area contributed by atoms with Crippen LogP contribution in [0.3, 0.4) is 0 Å². The van der Waals surface area contributed by atoms with E-state index in [1.165, 1.54) is 0 Å². The fourth-order valence-corrected chi connectivity index (χ4v) is 1.03. The lowest BCUT2D eigenvalue weighted by molar-refractivity contribution is 0.0526. The standard InChI is InChI=1S/C10H12N2O2/c1-2-14-10(13)8-5-3-4-7(6-8)9(11)12/h3-6H,2H2,1H3,(H3,11,12). The Morgan fingerprint density at radius 2 is 2.14 bits per heavy atom. The number of ether oxygens (including phenoxy) is 1. The topological polar surface area (TPSA) is 76.2 Å². The predicted molar refractivity (Wildman–Crippen MR) is 53.4 cm³/mol. The van der Waals surface area contributed by atoms with Crippen molar-refractivity contribution >= 4 is 11.8 Å². The first-order valence-corrected chi connectivity index (χ1v) is 4.26. The summed E-state index contributed by atoms with van der Waals surface area (Å²) in [6.07, 6.45) is 0. The molecule has 14 heavy (non-hydrogen) atoms. The Morgan fingerprint density at radius 3 is 2.71 bits per heavy atom. The van der Waals surface area contributed by atoms with Gasteiger partial charge in [-0.25, -0.2) is 4.79 Å². The van der Waals surface area contributed by atoms with E-state index >= 15 is 0 Å². The van der Waals surface area contributed by atoms with E-state index in [0.29, 0.717) is 17.7 Å².